The summed E-state index contributed by atoms with van der Waals surface area (Å²) in [5, 5.41) is 0. The maximum atomic E-state index is 10.8. The van der Waals surface area contributed by atoms with Gasteiger partial charge in [-0.15, -0.1) is 6.58 Å². The molecule has 0 bridgehead atoms. The van der Waals surface area contributed by atoms with Crippen molar-refractivity contribution in [1.29, 1.82) is 0 Å². The maximum absolute atomic E-state index is 10.8. The highest BCUT2D eigenvalue weighted by atomic mass is 16.1. The van der Waals surface area contributed by atoms with Gasteiger partial charge in [0.2, 0.25) is 0 Å². The fourth-order valence-corrected chi connectivity index (χ4v) is 0.538. The van der Waals surface area contributed by atoms with Crippen LogP contribution in [-0.4, -0.2) is 5.78 Å². The third-order valence-corrected chi connectivity index (χ3v) is 1.11. The van der Waals surface area contributed by atoms with Crippen LogP contribution in [-0.2, 0) is 4.79 Å². The first kappa shape index (κ1) is 8.15. The van der Waals surface area contributed by atoms with E-state index in [4.69, 9.17) is 0 Å². The molecule has 0 aliphatic carbocycles. The van der Waals surface area contributed by atoms with Crippen molar-refractivity contribution in [2.75, 3.05) is 0 Å². The number of hydrogen-bond donors (Lipinski definition) is 0. The van der Waals surface area contributed by atoms with E-state index in [1.807, 2.05) is 6.92 Å². The number of carbonyl (C=O) groups excluding carboxylic acids is 1. The number of ketones is 1. The SMILES string of the molecule is C=CCC(=C)C(=O)CC. The zero-order valence-electron chi connectivity index (χ0n) is 5.81. The lowest BCUT2D eigenvalue weighted by atomic mass is 10.1. The second-order valence-corrected chi connectivity index (χ2v) is 1.87. The second-order valence-electron chi connectivity index (χ2n) is 1.87. The predicted molar refractivity (Wildman–Crippen MR) is 39.3 cm³/mol. The molecule has 0 heterocycles. The molecule has 0 saturated carbocycles. The fraction of sp³-hybridized carbons (Fsp3) is 0.375. The van der Waals surface area contributed by atoms with Gasteiger partial charge in [-0.25, -0.2) is 0 Å². The van der Waals surface area contributed by atoms with Gasteiger partial charge in [-0.05, 0) is 12.0 Å². The minimum Gasteiger partial charge on any atom is -0.295 e. The van der Waals surface area contributed by atoms with Crippen molar-refractivity contribution in [3.8, 4) is 0 Å². The van der Waals surface area contributed by atoms with E-state index in [9.17, 15) is 4.79 Å². The molecule has 0 fully saturated rings. The van der Waals surface area contributed by atoms with Gasteiger partial charge in [0.05, 0.1) is 0 Å². The molecule has 0 amide bonds. The van der Waals surface area contributed by atoms with E-state index >= 15 is 0 Å². The van der Waals surface area contributed by atoms with Crippen molar-refractivity contribution < 1.29 is 4.79 Å². The van der Waals surface area contributed by atoms with Crippen LogP contribution in [0.25, 0.3) is 0 Å². The standard InChI is InChI=1S/C8H12O/c1-4-6-7(3)8(9)5-2/h4H,1,3,5-6H2,2H3. The van der Waals surface area contributed by atoms with Gasteiger partial charge >= 0.3 is 0 Å². The third kappa shape index (κ3) is 2.85. The Kier molecular flexibility index (Phi) is 3.69. The highest BCUT2D eigenvalue weighted by Crippen LogP contribution is 2.01. The van der Waals surface area contributed by atoms with Crippen LogP contribution in [0.5, 0.6) is 0 Å². The van der Waals surface area contributed by atoms with Crippen molar-refractivity contribution in [2.24, 2.45) is 0 Å². The normalized spacial score (nSPS) is 8.56. The summed E-state index contributed by atoms with van der Waals surface area (Å²) in [7, 11) is 0. The average Bonchev–Trinajstić information content (AvgIpc) is 1.87. The van der Waals surface area contributed by atoms with Crippen molar-refractivity contribution in [1.82, 2.24) is 0 Å². The van der Waals surface area contributed by atoms with Gasteiger partial charge in [-0.2, -0.15) is 0 Å². The Bertz CT molecular complexity index is 134. The van der Waals surface area contributed by atoms with E-state index in [1.165, 1.54) is 0 Å². The molecule has 0 aliphatic heterocycles. The van der Waals surface area contributed by atoms with Gasteiger partial charge in [-0.3, -0.25) is 4.79 Å². The van der Waals surface area contributed by atoms with E-state index in [0.29, 0.717) is 18.4 Å². The molecule has 0 spiro atoms. The summed E-state index contributed by atoms with van der Waals surface area (Å²) in [6.07, 6.45) is 2.86. The highest BCUT2D eigenvalue weighted by molar-refractivity contribution is 5.94. The van der Waals surface area contributed by atoms with Gasteiger partial charge < -0.3 is 0 Å². The zero-order valence-corrected chi connectivity index (χ0v) is 5.81. The molecule has 0 rings (SSSR count). The molecule has 0 radical (unpaired) electrons. The first-order chi connectivity index (χ1) is 4.22. The molecule has 0 aliphatic rings. The molecular weight excluding hydrogens is 112 g/mol. The van der Waals surface area contributed by atoms with Crippen molar-refractivity contribution in [3.63, 3.8) is 0 Å². The van der Waals surface area contributed by atoms with E-state index in [2.05, 4.69) is 13.2 Å². The number of carbonyl (C=O) groups is 1. The summed E-state index contributed by atoms with van der Waals surface area (Å²) < 4.78 is 0. The Morgan fingerprint density at radius 3 is 2.56 bits per heavy atom. The van der Waals surface area contributed by atoms with E-state index in [1.54, 1.807) is 6.08 Å². The maximum Gasteiger partial charge on any atom is 0.158 e. The van der Waals surface area contributed by atoms with Crippen molar-refractivity contribution in [2.45, 2.75) is 19.8 Å². The Balaban J connectivity index is 3.73. The van der Waals surface area contributed by atoms with Crippen molar-refractivity contribution in [3.05, 3.63) is 24.8 Å². The molecule has 0 aromatic rings. The first-order valence-corrected chi connectivity index (χ1v) is 3.04. The number of allylic oxidation sites excluding steroid dienone is 2. The predicted octanol–water partition coefficient (Wildman–Crippen LogP) is 2.10. The Labute approximate surface area is 56.1 Å². The van der Waals surface area contributed by atoms with Crippen LogP contribution in [0.1, 0.15) is 19.8 Å². The van der Waals surface area contributed by atoms with Gasteiger partial charge in [0.1, 0.15) is 0 Å². The number of hydrogen-bond acceptors (Lipinski definition) is 1. The van der Waals surface area contributed by atoms with Crippen LogP contribution in [0.3, 0.4) is 0 Å². The molecule has 0 atom stereocenters. The average molecular weight is 124 g/mol. The van der Waals surface area contributed by atoms with Gasteiger partial charge in [0, 0.05) is 6.42 Å². The largest absolute Gasteiger partial charge is 0.295 e. The molecule has 0 saturated heterocycles. The van der Waals surface area contributed by atoms with E-state index in [-0.39, 0.29) is 5.78 Å². The van der Waals surface area contributed by atoms with E-state index in [0.717, 1.165) is 0 Å². The molecule has 0 N–H and O–H groups in total. The fourth-order valence-electron chi connectivity index (χ4n) is 0.538. The Hall–Kier alpha value is -0.850. The van der Waals surface area contributed by atoms with Crippen LogP contribution >= 0.6 is 0 Å². The monoisotopic (exact) mass is 124 g/mol. The van der Waals surface area contributed by atoms with Gasteiger partial charge in [0.25, 0.3) is 0 Å². The van der Waals surface area contributed by atoms with Gasteiger partial charge in [-0.1, -0.05) is 19.6 Å². The number of rotatable bonds is 4. The minimum atomic E-state index is 0.134. The summed E-state index contributed by atoms with van der Waals surface area (Å²) in [6.45, 7) is 8.93. The Morgan fingerprint density at radius 2 is 2.22 bits per heavy atom. The summed E-state index contributed by atoms with van der Waals surface area (Å²) in [5.74, 6) is 0.134. The highest BCUT2D eigenvalue weighted by Gasteiger charge is 1.99. The molecule has 1 heteroatoms. The van der Waals surface area contributed by atoms with Crippen LogP contribution in [0.4, 0.5) is 0 Å². The summed E-state index contributed by atoms with van der Waals surface area (Å²) in [6, 6.07) is 0. The topological polar surface area (TPSA) is 17.1 Å². The first-order valence-electron chi connectivity index (χ1n) is 3.04. The van der Waals surface area contributed by atoms with Crippen LogP contribution in [0.15, 0.2) is 24.8 Å². The second kappa shape index (κ2) is 4.07. The Morgan fingerprint density at radius 1 is 1.67 bits per heavy atom. The molecular formula is C8H12O. The number of Topliss-reactive ketones (excluding diaryl/α,β-unsaturated/α-hetero) is 1. The molecule has 0 unspecified atom stereocenters. The minimum absolute atomic E-state index is 0.134. The van der Waals surface area contributed by atoms with Crippen LogP contribution in [0, 0.1) is 0 Å². The lowest BCUT2D eigenvalue weighted by Crippen LogP contribution is -1.96. The lowest BCUT2D eigenvalue weighted by molar-refractivity contribution is -0.115. The lowest BCUT2D eigenvalue weighted by Gasteiger charge is -1.95. The molecule has 9 heavy (non-hydrogen) atoms. The van der Waals surface area contributed by atoms with E-state index < -0.39 is 0 Å². The molecule has 0 aromatic heterocycles. The quantitative estimate of drug-likeness (QED) is 0.414. The van der Waals surface area contributed by atoms with Gasteiger partial charge in [0.15, 0.2) is 5.78 Å². The molecule has 1 nitrogen and oxygen atoms in total. The summed E-state index contributed by atoms with van der Waals surface area (Å²) >= 11 is 0. The molecule has 50 valence electrons. The summed E-state index contributed by atoms with van der Waals surface area (Å²) in [5.41, 5.74) is 0.660. The van der Waals surface area contributed by atoms with Crippen molar-refractivity contribution >= 4 is 5.78 Å². The summed E-state index contributed by atoms with van der Waals surface area (Å²) in [4.78, 5) is 10.8. The van der Waals surface area contributed by atoms with Crippen LogP contribution in [0.2, 0.25) is 0 Å². The zero-order chi connectivity index (χ0) is 7.28. The third-order valence-electron chi connectivity index (χ3n) is 1.11. The smallest absolute Gasteiger partial charge is 0.158 e. The molecule has 0 aromatic carbocycles. The van der Waals surface area contributed by atoms with Crippen LogP contribution < -0.4 is 0 Å².